The zero-order valence-electron chi connectivity index (χ0n) is 5.03. The SMILES string of the molecule is CC(=O)O.CC(=O)O.[HH].[Pd]. The predicted octanol–water partition coefficient (Wildman–Crippen LogP) is 0.425. The first-order valence-corrected chi connectivity index (χ1v) is 1.86. The van der Waals surface area contributed by atoms with Crippen LogP contribution in [0.1, 0.15) is 15.3 Å². The molecule has 0 heterocycles. The molecule has 0 amide bonds. The van der Waals surface area contributed by atoms with Crippen LogP contribution >= 0.6 is 0 Å². The van der Waals surface area contributed by atoms with E-state index in [0.29, 0.717) is 0 Å². The molecule has 0 aromatic rings. The number of hydrogen-bond donors (Lipinski definition) is 2. The van der Waals surface area contributed by atoms with Gasteiger partial charge in [0.2, 0.25) is 0 Å². The van der Waals surface area contributed by atoms with Crippen LogP contribution in [0.3, 0.4) is 0 Å². The van der Waals surface area contributed by atoms with Gasteiger partial charge in [-0.1, -0.05) is 0 Å². The zero-order valence-corrected chi connectivity index (χ0v) is 6.58. The van der Waals surface area contributed by atoms with E-state index in [1.54, 1.807) is 0 Å². The van der Waals surface area contributed by atoms with Gasteiger partial charge in [-0.3, -0.25) is 9.59 Å². The van der Waals surface area contributed by atoms with Crippen LogP contribution in [0.15, 0.2) is 0 Å². The van der Waals surface area contributed by atoms with Crippen LogP contribution in [0.2, 0.25) is 0 Å². The van der Waals surface area contributed by atoms with Gasteiger partial charge in [0.15, 0.2) is 0 Å². The summed E-state index contributed by atoms with van der Waals surface area (Å²) in [5.41, 5.74) is 0. The molecular formula is C4H10O4Pd. The van der Waals surface area contributed by atoms with Crippen LogP contribution in [0.4, 0.5) is 0 Å². The van der Waals surface area contributed by atoms with E-state index in [4.69, 9.17) is 19.8 Å². The molecule has 0 unspecified atom stereocenters. The van der Waals surface area contributed by atoms with Crippen molar-refractivity contribution in [3.8, 4) is 0 Å². The van der Waals surface area contributed by atoms with Crippen molar-refractivity contribution in [2.75, 3.05) is 0 Å². The first-order valence-electron chi connectivity index (χ1n) is 1.86. The molecule has 2 N–H and O–H groups in total. The largest absolute Gasteiger partial charge is 0.481 e. The Bertz CT molecular complexity index is 75.3. The number of carbonyl (C=O) groups is 2. The molecule has 0 spiro atoms. The molecule has 0 atom stereocenters. The average Bonchev–Trinajstić information content (AvgIpc) is 1.25. The molecule has 0 aromatic heterocycles. The quantitative estimate of drug-likeness (QED) is 0.590. The Hall–Kier alpha value is -0.398. The number of hydrogen-bond acceptors (Lipinski definition) is 2. The molecule has 5 heteroatoms. The molecular weight excluding hydrogens is 218 g/mol. The second-order valence-electron chi connectivity index (χ2n) is 1.04. The van der Waals surface area contributed by atoms with Gasteiger partial charge in [0.05, 0.1) is 0 Å². The second kappa shape index (κ2) is 10.6. The van der Waals surface area contributed by atoms with E-state index >= 15 is 0 Å². The summed E-state index contributed by atoms with van der Waals surface area (Å²) in [6.07, 6.45) is 0. The molecule has 0 aliphatic carbocycles. The van der Waals surface area contributed by atoms with Gasteiger partial charge in [-0.2, -0.15) is 0 Å². The summed E-state index contributed by atoms with van der Waals surface area (Å²) in [4.78, 5) is 18.0. The van der Waals surface area contributed by atoms with E-state index < -0.39 is 11.9 Å². The minimum absolute atomic E-state index is 0. The van der Waals surface area contributed by atoms with Crippen molar-refractivity contribution < 1.29 is 41.7 Å². The number of carboxylic acid groups (broad SMARTS) is 2. The Labute approximate surface area is 68.0 Å². The van der Waals surface area contributed by atoms with Crippen molar-refractivity contribution in [2.24, 2.45) is 0 Å². The van der Waals surface area contributed by atoms with Gasteiger partial charge in [0.25, 0.3) is 11.9 Å². The first kappa shape index (κ1) is 15.8. The van der Waals surface area contributed by atoms with E-state index in [-0.39, 0.29) is 21.8 Å². The number of aliphatic carboxylic acids is 2. The van der Waals surface area contributed by atoms with E-state index in [9.17, 15) is 0 Å². The van der Waals surface area contributed by atoms with Crippen molar-refractivity contribution in [3.63, 3.8) is 0 Å². The van der Waals surface area contributed by atoms with Crippen molar-refractivity contribution >= 4 is 11.9 Å². The van der Waals surface area contributed by atoms with Crippen LogP contribution in [-0.2, 0) is 30.0 Å². The summed E-state index contributed by atoms with van der Waals surface area (Å²) >= 11 is 0. The molecule has 0 fully saturated rings. The fraction of sp³-hybridized carbons (Fsp3) is 0.500. The summed E-state index contributed by atoms with van der Waals surface area (Å²) in [6.45, 7) is 2.17. The molecule has 0 aliphatic heterocycles. The molecule has 4 nitrogen and oxygen atoms in total. The van der Waals surface area contributed by atoms with E-state index in [1.165, 1.54) is 0 Å². The third-order valence-corrected chi connectivity index (χ3v) is 0. The van der Waals surface area contributed by atoms with E-state index in [2.05, 4.69) is 0 Å². The molecule has 0 aromatic carbocycles. The topological polar surface area (TPSA) is 74.6 Å². The Kier molecular flexibility index (Phi) is 18.6. The van der Waals surface area contributed by atoms with Crippen LogP contribution in [0.5, 0.6) is 0 Å². The fourth-order valence-electron chi connectivity index (χ4n) is 0. The normalized spacial score (nSPS) is 5.56. The zero-order chi connectivity index (χ0) is 7.15. The Morgan fingerprint density at radius 2 is 1.11 bits per heavy atom. The maximum atomic E-state index is 9.00. The van der Waals surface area contributed by atoms with Crippen molar-refractivity contribution in [3.05, 3.63) is 0 Å². The van der Waals surface area contributed by atoms with Crippen LogP contribution in [-0.4, -0.2) is 22.2 Å². The first-order chi connectivity index (χ1) is 3.46. The molecule has 0 rings (SSSR count). The Morgan fingerprint density at radius 3 is 1.11 bits per heavy atom. The van der Waals surface area contributed by atoms with E-state index in [0.717, 1.165) is 13.8 Å². The summed E-state index contributed by atoms with van der Waals surface area (Å²) in [6, 6.07) is 0. The average molecular weight is 229 g/mol. The standard InChI is InChI=1S/2C2H4O2.Pd.H2/c2*1-2(3)4;;/h2*1H3,(H,3,4);;1H. The minimum atomic E-state index is -0.833. The smallest absolute Gasteiger partial charge is 0.300 e. The molecule has 0 aliphatic rings. The van der Waals surface area contributed by atoms with Crippen molar-refractivity contribution in [2.45, 2.75) is 13.8 Å². The van der Waals surface area contributed by atoms with Gasteiger partial charge in [-0.05, 0) is 0 Å². The Balaban J connectivity index is -0.0000000300. The maximum Gasteiger partial charge on any atom is 0.300 e. The maximum absolute atomic E-state index is 9.00. The third kappa shape index (κ3) is 1510. The van der Waals surface area contributed by atoms with Gasteiger partial charge in [-0.25, -0.2) is 0 Å². The molecule has 0 saturated heterocycles. The fourth-order valence-corrected chi connectivity index (χ4v) is 0. The third-order valence-electron chi connectivity index (χ3n) is 0. The predicted molar refractivity (Wildman–Crippen MR) is 28.7 cm³/mol. The van der Waals surface area contributed by atoms with Gasteiger partial charge in [-0.15, -0.1) is 0 Å². The monoisotopic (exact) mass is 228 g/mol. The molecule has 0 bridgehead atoms. The van der Waals surface area contributed by atoms with Crippen LogP contribution < -0.4 is 0 Å². The van der Waals surface area contributed by atoms with Gasteiger partial charge in [0.1, 0.15) is 0 Å². The van der Waals surface area contributed by atoms with Crippen molar-refractivity contribution in [1.29, 1.82) is 0 Å². The van der Waals surface area contributed by atoms with E-state index in [1.807, 2.05) is 0 Å². The molecule has 60 valence electrons. The summed E-state index contributed by atoms with van der Waals surface area (Å²) in [7, 11) is 0. The summed E-state index contributed by atoms with van der Waals surface area (Å²) in [5.74, 6) is -1.67. The van der Waals surface area contributed by atoms with Crippen LogP contribution in [0.25, 0.3) is 0 Å². The molecule has 9 heavy (non-hydrogen) atoms. The summed E-state index contributed by atoms with van der Waals surface area (Å²) < 4.78 is 0. The number of carboxylic acids is 2. The Morgan fingerprint density at radius 1 is 1.11 bits per heavy atom. The van der Waals surface area contributed by atoms with Gasteiger partial charge in [0, 0.05) is 35.7 Å². The van der Waals surface area contributed by atoms with Gasteiger partial charge < -0.3 is 10.2 Å². The minimum Gasteiger partial charge on any atom is -0.481 e. The summed E-state index contributed by atoms with van der Waals surface area (Å²) in [5, 5.41) is 14.8. The molecule has 0 saturated carbocycles. The van der Waals surface area contributed by atoms with Gasteiger partial charge >= 0.3 is 0 Å². The van der Waals surface area contributed by atoms with Crippen molar-refractivity contribution in [1.82, 2.24) is 0 Å². The molecule has 0 radical (unpaired) electrons. The second-order valence-corrected chi connectivity index (χ2v) is 1.04. The number of rotatable bonds is 0. The van der Waals surface area contributed by atoms with Crippen LogP contribution in [0, 0.1) is 0 Å².